The summed E-state index contributed by atoms with van der Waals surface area (Å²) in [6.45, 7) is -3.24. The summed E-state index contributed by atoms with van der Waals surface area (Å²) in [4.78, 5) is 0. The number of ether oxygens (including phenoxy) is 1. The third kappa shape index (κ3) is 2.97. The molecule has 16 heavy (non-hydrogen) atoms. The first-order valence-electron chi connectivity index (χ1n) is 3.83. The topological polar surface area (TPSA) is 35.2 Å². The summed E-state index contributed by atoms with van der Waals surface area (Å²) in [6.07, 6.45) is -4.66. The number of rotatable bonds is 2. The molecule has 0 heterocycles. The molecular weight excluding hydrogens is 301 g/mol. The Bertz CT molecular complexity index is 393. The molecule has 0 aliphatic carbocycles. The van der Waals surface area contributed by atoms with Gasteiger partial charge in [0.15, 0.2) is 5.75 Å². The zero-order chi connectivity index (χ0) is 12.5. The van der Waals surface area contributed by atoms with Crippen LogP contribution in [0.15, 0.2) is 16.6 Å². The summed E-state index contributed by atoms with van der Waals surface area (Å²) >= 11 is 2.73. The van der Waals surface area contributed by atoms with Gasteiger partial charge in [0.1, 0.15) is 0 Å². The van der Waals surface area contributed by atoms with Crippen molar-refractivity contribution in [2.45, 2.75) is 12.8 Å². The van der Waals surface area contributed by atoms with Gasteiger partial charge in [-0.05, 0) is 28.1 Å². The van der Waals surface area contributed by atoms with Gasteiger partial charge in [-0.1, -0.05) is 0 Å². The zero-order valence-corrected chi connectivity index (χ0v) is 9.07. The van der Waals surface area contributed by atoms with Crippen LogP contribution in [-0.2, 0) is 6.18 Å². The monoisotopic (exact) mass is 305 g/mol. The molecule has 0 saturated heterocycles. The van der Waals surface area contributed by atoms with Gasteiger partial charge in [-0.3, -0.25) is 0 Å². The van der Waals surface area contributed by atoms with E-state index < -0.39 is 24.1 Å². The molecule has 0 amide bonds. The molecular formula is C8H5BrF5NO. The van der Waals surface area contributed by atoms with Gasteiger partial charge in [0.05, 0.1) is 11.3 Å². The van der Waals surface area contributed by atoms with Gasteiger partial charge in [0, 0.05) is 4.47 Å². The highest BCUT2D eigenvalue weighted by Gasteiger charge is 2.32. The molecule has 8 heteroatoms. The molecule has 1 rings (SSSR count). The normalized spacial score (nSPS) is 11.9. The van der Waals surface area contributed by atoms with E-state index in [1.807, 2.05) is 0 Å². The van der Waals surface area contributed by atoms with E-state index >= 15 is 0 Å². The molecule has 0 unspecified atom stereocenters. The Hall–Kier alpha value is -1.05. The van der Waals surface area contributed by atoms with Gasteiger partial charge in [-0.15, -0.1) is 0 Å². The van der Waals surface area contributed by atoms with Gasteiger partial charge in [0.25, 0.3) is 0 Å². The SMILES string of the molecule is Nc1c(Br)cc(C(F)(F)F)cc1OC(F)F. The van der Waals surface area contributed by atoms with Crippen LogP contribution in [-0.4, -0.2) is 6.61 Å². The van der Waals surface area contributed by atoms with Crippen LogP contribution in [0.2, 0.25) is 0 Å². The lowest BCUT2D eigenvalue weighted by Gasteiger charge is -2.13. The van der Waals surface area contributed by atoms with E-state index in [0.717, 1.165) is 0 Å². The molecule has 0 aromatic heterocycles. The summed E-state index contributed by atoms with van der Waals surface area (Å²) in [5.41, 5.74) is 3.84. The highest BCUT2D eigenvalue weighted by molar-refractivity contribution is 9.10. The Kier molecular flexibility index (Phi) is 3.61. The zero-order valence-electron chi connectivity index (χ0n) is 7.49. The highest BCUT2D eigenvalue weighted by Crippen LogP contribution is 2.39. The van der Waals surface area contributed by atoms with Crippen molar-refractivity contribution < 1.29 is 26.7 Å². The lowest BCUT2D eigenvalue weighted by Crippen LogP contribution is -2.09. The molecule has 0 aliphatic heterocycles. The van der Waals surface area contributed by atoms with E-state index in [4.69, 9.17) is 5.73 Å². The standard InChI is InChI=1S/C8H5BrF5NO/c9-4-1-3(8(12,13)14)2-5(6(4)15)16-7(10)11/h1-2,7H,15H2. The van der Waals surface area contributed by atoms with Crippen LogP contribution < -0.4 is 10.5 Å². The molecule has 2 N–H and O–H groups in total. The van der Waals surface area contributed by atoms with Crippen LogP contribution in [0.25, 0.3) is 0 Å². The van der Waals surface area contributed by atoms with Gasteiger partial charge in [-0.2, -0.15) is 22.0 Å². The average Bonchev–Trinajstić information content (AvgIpc) is 2.10. The second-order valence-electron chi connectivity index (χ2n) is 2.75. The number of hydrogen-bond acceptors (Lipinski definition) is 2. The van der Waals surface area contributed by atoms with Crippen LogP contribution >= 0.6 is 15.9 Å². The van der Waals surface area contributed by atoms with Crippen molar-refractivity contribution in [2.24, 2.45) is 0 Å². The number of benzene rings is 1. The van der Waals surface area contributed by atoms with E-state index in [1.165, 1.54) is 0 Å². The summed E-state index contributed by atoms with van der Waals surface area (Å²) in [5, 5.41) is 0. The fraction of sp³-hybridized carbons (Fsp3) is 0.250. The Balaban J connectivity index is 3.22. The van der Waals surface area contributed by atoms with Gasteiger partial charge in [-0.25, -0.2) is 0 Å². The largest absolute Gasteiger partial charge is 0.433 e. The predicted octanol–water partition coefficient (Wildman–Crippen LogP) is 3.65. The molecule has 2 nitrogen and oxygen atoms in total. The molecule has 90 valence electrons. The van der Waals surface area contributed by atoms with Crippen LogP contribution in [0.1, 0.15) is 5.56 Å². The van der Waals surface area contributed by atoms with Crippen LogP contribution in [0.3, 0.4) is 0 Å². The Morgan fingerprint density at radius 2 is 1.81 bits per heavy atom. The summed E-state index contributed by atoms with van der Waals surface area (Å²) in [5.74, 6) is -0.711. The summed E-state index contributed by atoms with van der Waals surface area (Å²) in [6, 6.07) is 1.11. The Morgan fingerprint density at radius 3 is 2.25 bits per heavy atom. The quantitative estimate of drug-likeness (QED) is 0.668. The molecule has 1 aromatic carbocycles. The van der Waals surface area contributed by atoms with Crippen molar-refractivity contribution >= 4 is 21.6 Å². The second kappa shape index (κ2) is 4.44. The maximum absolute atomic E-state index is 12.3. The molecule has 0 aliphatic rings. The molecule has 0 atom stereocenters. The number of anilines is 1. The first-order chi connectivity index (χ1) is 7.21. The van der Waals surface area contributed by atoms with Crippen LogP contribution in [0, 0.1) is 0 Å². The van der Waals surface area contributed by atoms with Gasteiger partial charge in [0.2, 0.25) is 0 Å². The molecule has 1 aromatic rings. The first-order valence-corrected chi connectivity index (χ1v) is 4.62. The maximum Gasteiger partial charge on any atom is 0.416 e. The molecule has 0 saturated carbocycles. The third-order valence-corrected chi connectivity index (χ3v) is 2.29. The molecule has 0 radical (unpaired) electrons. The van der Waals surface area contributed by atoms with Crippen molar-refractivity contribution in [1.82, 2.24) is 0 Å². The fourth-order valence-corrected chi connectivity index (χ4v) is 1.39. The minimum absolute atomic E-state index is 0.155. The smallest absolute Gasteiger partial charge is 0.416 e. The Morgan fingerprint density at radius 1 is 1.25 bits per heavy atom. The molecule has 0 fully saturated rings. The number of alkyl halides is 5. The van der Waals surface area contributed by atoms with Gasteiger partial charge >= 0.3 is 12.8 Å². The minimum atomic E-state index is -4.66. The van der Waals surface area contributed by atoms with Crippen molar-refractivity contribution in [3.8, 4) is 5.75 Å². The lowest BCUT2D eigenvalue weighted by atomic mass is 10.2. The molecule has 0 spiro atoms. The van der Waals surface area contributed by atoms with E-state index in [0.29, 0.717) is 12.1 Å². The number of nitrogen functional groups attached to an aromatic ring is 1. The summed E-state index contributed by atoms with van der Waals surface area (Å²) < 4.78 is 64.4. The minimum Gasteiger partial charge on any atom is -0.433 e. The first kappa shape index (κ1) is 13.0. The second-order valence-corrected chi connectivity index (χ2v) is 3.60. The maximum atomic E-state index is 12.3. The van der Waals surface area contributed by atoms with E-state index in [2.05, 4.69) is 20.7 Å². The highest BCUT2D eigenvalue weighted by atomic mass is 79.9. The predicted molar refractivity (Wildman–Crippen MR) is 50.2 cm³/mol. The van der Waals surface area contributed by atoms with Crippen LogP contribution in [0.4, 0.5) is 27.6 Å². The number of nitrogens with two attached hydrogens (primary N) is 1. The van der Waals surface area contributed by atoms with Crippen molar-refractivity contribution in [3.05, 3.63) is 22.2 Å². The molecule has 0 bridgehead atoms. The van der Waals surface area contributed by atoms with Crippen molar-refractivity contribution in [1.29, 1.82) is 0 Å². The van der Waals surface area contributed by atoms with E-state index in [-0.39, 0.29) is 10.2 Å². The van der Waals surface area contributed by atoms with Gasteiger partial charge < -0.3 is 10.5 Å². The van der Waals surface area contributed by atoms with Crippen molar-refractivity contribution in [2.75, 3.05) is 5.73 Å². The third-order valence-electron chi connectivity index (χ3n) is 1.63. The van der Waals surface area contributed by atoms with Crippen LogP contribution in [0.5, 0.6) is 5.75 Å². The van der Waals surface area contributed by atoms with E-state index in [9.17, 15) is 22.0 Å². The van der Waals surface area contributed by atoms with E-state index in [1.54, 1.807) is 0 Å². The summed E-state index contributed by atoms with van der Waals surface area (Å²) in [7, 11) is 0. The lowest BCUT2D eigenvalue weighted by molar-refractivity contribution is -0.138. The average molecular weight is 306 g/mol. The van der Waals surface area contributed by atoms with Crippen molar-refractivity contribution in [3.63, 3.8) is 0 Å². The fourth-order valence-electron chi connectivity index (χ4n) is 0.950. The number of halogens is 6. The number of hydrogen-bond donors (Lipinski definition) is 1. The Labute approximate surface area is 95.3 Å².